The maximum Gasteiger partial charge on any atom is 0.228 e. The molecular formula is C19H20FN3O2. The number of nitrogens with one attached hydrogen (secondary N) is 1. The van der Waals surface area contributed by atoms with Crippen molar-refractivity contribution in [2.75, 3.05) is 36.4 Å². The third kappa shape index (κ3) is 4.56. The molecule has 1 saturated heterocycles. The molecule has 0 atom stereocenters. The molecule has 5 nitrogen and oxygen atoms in total. The van der Waals surface area contributed by atoms with E-state index < -0.39 is 0 Å². The van der Waals surface area contributed by atoms with Crippen molar-refractivity contribution in [3.05, 3.63) is 59.9 Å². The molecule has 1 fully saturated rings. The second kappa shape index (κ2) is 7.79. The van der Waals surface area contributed by atoms with Crippen LogP contribution in [-0.4, -0.2) is 43.4 Å². The number of benzene rings is 2. The minimum Gasteiger partial charge on any atom is -0.368 e. The van der Waals surface area contributed by atoms with E-state index in [2.05, 4.69) is 10.2 Å². The summed E-state index contributed by atoms with van der Waals surface area (Å²) in [5, 5.41) is 2.82. The van der Waals surface area contributed by atoms with Crippen molar-refractivity contribution in [2.24, 2.45) is 0 Å². The van der Waals surface area contributed by atoms with E-state index in [0.29, 0.717) is 11.3 Å². The van der Waals surface area contributed by atoms with Crippen LogP contribution in [-0.2, 0) is 16.0 Å². The molecule has 25 heavy (non-hydrogen) atoms. The lowest BCUT2D eigenvalue weighted by molar-refractivity contribution is -0.118. The molecule has 2 amide bonds. The predicted molar refractivity (Wildman–Crippen MR) is 95.0 cm³/mol. The van der Waals surface area contributed by atoms with Gasteiger partial charge in [0, 0.05) is 37.6 Å². The van der Waals surface area contributed by atoms with Gasteiger partial charge in [-0.15, -0.1) is 0 Å². The van der Waals surface area contributed by atoms with E-state index in [9.17, 15) is 14.0 Å². The number of hydrogen-bond acceptors (Lipinski definition) is 3. The molecule has 1 N–H and O–H groups in total. The third-order valence-corrected chi connectivity index (χ3v) is 4.23. The van der Waals surface area contributed by atoms with E-state index in [1.54, 1.807) is 17.0 Å². The van der Waals surface area contributed by atoms with Crippen molar-refractivity contribution in [1.82, 2.24) is 4.90 Å². The molecule has 2 aromatic rings. The summed E-state index contributed by atoms with van der Waals surface area (Å²) in [6.45, 7) is 3.03. The number of amides is 2. The van der Waals surface area contributed by atoms with Crippen LogP contribution in [0.25, 0.3) is 0 Å². The van der Waals surface area contributed by atoms with Crippen LogP contribution in [0.4, 0.5) is 15.8 Å². The fraction of sp³-hybridized carbons (Fsp3) is 0.263. The van der Waals surface area contributed by atoms with Crippen molar-refractivity contribution >= 4 is 23.7 Å². The van der Waals surface area contributed by atoms with Gasteiger partial charge in [-0.3, -0.25) is 9.59 Å². The SMILES string of the molecule is O=CN1CCN(c2ccc(NC(=O)Cc3cccc(F)c3)cc2)CC1. The highest BCUT2D eigenvalue weighted by atomic mass is 19.1. The zero-order valence-electron chi connectivity index (χ0n) is 13.8. The molecule has 0 bridgehead atoms. The number of hydrogen-bond donors (Lipinski definition) is 1. The van der Waals surface area contributed by atoms with Gasteiger partial charge in [0.1, 0.15) is 5.82 Å². The number of piperazine rings is 1. The van der Waals surface area contributed by atoms with Crippen molar-refractivity contribution < 1.29 is 14.0 Å². The van der Waals surface area contributed by atoms with Gasteiger partial charge in [0.25, 0.3) is 0 Å². The average Bonchev–Trinajstić information content (AvgIpc) is 2.62. The van der Waals surface area contributed by atoms with Gasteiger partial charge in [0.2, 0.25) is 12.3 Å². The summed E-state index contributed by atoms with van der Waals surface area (Å²) < 4.78 is 13.2. The lowest BCUT2D eigenvalue weighted by Gasteiger charge is -2.34. The van der Waals surface area contributed by atoms with E-state index in [4.69, 9.17) is 0 Å². The molecule has 2 aromatic carbocycles. The van der Waals surface area contributed by atoms with E-state index >= 15 is 0 Å². The fourth-order valence-corrected chi connectivity index (χ4v) is 2.88. The van der Waals surface area contributed by atoms with Gasteiger partial charge in [-0.05, 0) is 42.0 Å². The van der Waals surface area contributed by atoms with Crippen LogP contribution >= 0.6 is 0 Å². The topological polar surface area (TPSA) is 52.7 Å². The van der Waals surface area contributed by atoms with Gasteiger partial charge >= 0.3 is 0 Å². The van der Waals surface area contributed by atoms with E-state index in [0.717, 1.165) is 38.3 Å². The number of carbonyl (C=O) groups excluding carboxylic acids is 2. The molecule has 0 aromatic heterocycles. The zero-order chi connectivity index (χ0) is 17.6. The molecule has 0 aliphatic carbocycles. The lowest BCUT2D eigenvalue weighted by Crippen LogP contribution is -2.45. The Bertz CT molecular complexity index is 741. The van der Waals surface area contributed by atoms with Crippen molar-refractivity contribution in [3.63, 3.8) is 0 Å². The van der Waals surface area contributed by atoms with Crippen LogP contribution in [0, 0.1) is 5.82 Å². The first-order valence-corrected chi connectivity index (χ1v) is 8.23. The fourth-order valence-electron chi connectivity index (χ4n) is 2.88. The summed E-state index contributed by atoms with van der Waals surface area (Å²) in [5.41, 5.74) is 2.41. The van der Waals surface area contributed by atoms with Gasteiger partial charge in [0.15, 0.2) is 0 Å². The zero-order valence-corrected chi connectivity index (χ0v) is 13.8. The summed E-state index contributed by atoms with van der Waals surface area (Å²) in [4.78, 5) is 26.8. The first-order chi connectivity index (χ1) is 12.1. The quantitative estimate of drug-likeness (QED) is 0.849. The van der Waals surface area contributed by atoms with E-state index in [1.165, 1.54) is 12.1 Å². The molecule has 1 heterocycles. The number of halogens is 1. The van der Waals surface area contributed by atoms with E-state index in [-0.39, 0.29) is 18.1 Å². The second-order valence-electron chi connectivity index (χ2n) is 6.03. The van der Waals surface area contributed by atoms with E-state index in [1.807, 2.05) is 24.3 Å². The predicted octanol–water partition coefficient (Wildman–Crippen LogP) is 2.29. The van der Waals surface area contributed by atoms with Crippen LogP contribution in [0.1, 0.15) is 5.56 Å². The standard InChI is InChI=1S/C19H20FN3O2/c20-16-3-1-2-15(12-16)13-19(25)21-17-4-6-18(7-5-17)23-10-8-22(14-24)9-11-23/h1-7,12,14H,8-11,13H2,(H,21,25). The Morgan fingerprint density at radius 3 is 2.44 bits per heavy atom. The van der Waals surface area contributed by atoms with Gasteiger partial charge < -0.3 is 15.1 Å². The molecule has 0 saturated carbocycles. The molecule has 1 aliphatic heterocycles. The van der Waals surface area contributed by atoms with Crippen molar-refractivity contribution in [3.8, 4) is 0 Å². The Morgan fingerprint density at radius 1 is 1.08 bits per heavy atom. The minimum absolute atomic E-state index is 0.132. The number of nitrogens with zero attached hydrogens (tertiary/aromatic N) is 2. The summed E-state index contributed by atoms with van der Waals surface area (Å²) >= 11 is 0. The smallest absolute Gasteiger partial charge is 0.228 e. The molecular weight excluding hydrogens is 321 g/mol. The lowest BCUT2D eigenvalue weighted by atomic mass is 10.1. The van der Waals surface area contributed by atoms with Crippen molar-refractivity contribution in [1.29, 1.82) is 0 Å². The highest BCUT2D eigenvalue weighted by Crippen LogP contribution is 2.19. The van der Waals surface area contributed by atoms with Gasteiger partial charge in [-0.2, -0.15) is 0 Å². The largest absolute Gasteiger partial charge is 0.368 e. The number of anilines is 2. The molecule has 1 aliphatic rings. The molecule has 3 rings (SSSR count). The first-order valence-electron chi connectivity index (χ1n) is 8.23. The Balaban J connectivity index is 1.55. The monoisotopic (exact) mass is 341 g/mol. The maximum absolute atomic E-state index is 13.2. The number of rotatable bonds is 5. The molecule has 0 spiro atoms. The molecule has 6 heteroatoms. The Hall–Kier alpha value is -2.89. The summed E-state index contributed by atoms with van der Waals surface area (Å²) in [6, 6.07) is 13.6. The molecule has 0 unspecified atom stereocenters. The van der Waals surface area contributed by atoms with Crippen LogP contribution in [0.15, 0.2) is 48.5 Å². The van der Waals surface area contributed by atoms with Crippen molar-refractivity contribution in [2.45, 2.75) is 6.42 Å². The highest BCUT2D eigenvalue weighted by molar-refractivity contribution is 5.92. The first kappa shape index (κ1) is 17.0. The second-order valence-corrected chi connectivity index (χ2v) is 6.03. The minimum atomic E-state index is -0.343. The summed E-state index contributed by atoms with van der Waals surface area (Å²) in [7, 11) is 0. The summed E-state index contributed by atoms with van der Waals surface area (Å²) in [5.74, 6) is -0.526. The Labute approximate surface area is 146 Å². The maximum atomic E-state index is 13.2. The average molecular weight is 341 g/mol. The van der Waals surface area contributed by atoms with Gasteiger partial charge in [-0.1, -0.05) is 12.1 Å². The van der Waals surface area contributed by atoms with Crippen LogP contribution in [0.3, 0.4) is 0 Å². The van der Waals surface area contributed by atoms with Gasteiger partial charge in [-0.25, -0.2) is 4.39 Å². The Kier molecular flexibility index (Phi) is 5.28. The highest BCUT2D eigenvalue weighted by Gasteiger charge is 2.15. The summed E-state index contributed by atoms with van der Waals surface area (Å²) in [6.07, 6.45) is 1.02. The Morgan fingerprint density at radius 2 is 1.80 bits per heavy atom. The third-order valence-electron chi connectivity index (χ3n) is 4.23. The van der Waals surface area contributed by atoms with Crippen LogP contribution in [0.2, 0.25) is 0 Å². The normalized spacial score (nSPS) is 14.3. The van der Waals surface area contributed by atoms with Gasteiger partial charge in [0.05, 0.1) is 6.42 Å². The van der Waals surface area contributed by atoms with Crippen LogP contribution < -0.4 is 10.2 Å². The van der Waals surface area contributed by atoms with Crippen LogP contribution in [0.5, 0.6) is 0 Å². The molecule has 130 valence electrons. The number of carbonyl (C=O) groups is 2. The molecule has 0 radical (unpaired) electrons.